The summed E-state index contributed by atoms with van der Waals surface area (Å²) in [5, 5.41) is 10.3. The zero-order valence-electron chi connectivity index (χ0n) is 14.3. The molecule has 0 amide bonds. The van der Waals surface area contributed by atoms with Crippen LogP contribution in [-0.4, -0.2) is 33.0 Å². The van der Waals surface area contributed by atoms with Crippen LogP contribution in [0.25, 0.3) is 0 Å². The van der Waals surface area contributed by atoms with Crippen LogP contribution in [0.5, 0.6) is 5.88 Å². The largest absolute Gasteiger partial charge is 0.494 e. The van der Waals surface area contributed by atoms with Crippen molar-refractivity contribution in [2.75, 3.05) is 0 Å². The Labute approximate surface area is 141 Å². The van der Waals surface area contributed by atoms with Gasteiger partial charge in [0.15, 0.2) is 0 Å². The molecule has 0 spiro atoms. The van der Waals surface area contributed by atoms with Gasteiger partial charge < -0.3 is 10.8 Å². The van der Waals surface area contributed by atoms with E-state index in [1.165, 1.54) is 10.8 Å². The van der Waals surface area contributed by atoms with Crippen LogP contribution in [-0.2, 0) is 6.54 Å². The van der Waals surface area contributed by atoms with Crippen LogP contribution in [0.1, 0.15) is 63.9 Å². The first kappa shape index (κ1) is 18.4. The number of nitrogens with zero attached hydrogens (tertiary/aromatic N) is 2. The van der Waals surface area contributed by atoms with E-state index in [2.05, 4.69) is 16.9 Å². The molecule has 7 nitrogen and oxygen atoms in total. The number of rotatable bonds is 7. The number of aromatic amines is 1. The predicted molar refractivity (Wildman–Crippen MR) is 95.0 cm³/mol. The van der Waals surface area contributed by atoms with Crippen LogP contribution < -0.4 is 17.0 Å². The van der Waals surface area contributed by atoms with Crippen LogP contribution in [0, 0.1) is 0 Å². The molecule has 1 aliphatic rings. The Morgan fingerprint density at radius 2 is 2.04 bits per heavy atom. The highest BCUT2D eigenvalue weighted by molar-refractivity contribution is 5.82. The van der Waals surface area contributed by atoms with Crippen LogP contribution in [0.4, 0.5) is 0 Å². The van der Waals surface area contributed by atoms with E-state index in [1.54, 1.807) is 0 Å². The molecule has 0 unspecified atom stereocenters. The van der Waals surface area contributed by atoms with E-state index in [1.807, 2.05) is 0 Å². The van der Waals surface area contributed by atoms with Gasteiger partial charge in [0, 0.05) is 18.8 Å². The Hall–Kier alpha value is -1.89. The maximum Gasteiger partial charge on any atom is 0.331 e. The lowest BCUT2D eigenvalue weighted by molar-refractivity contribution is 0.385. The Balaban J connectivity index is 2.19. The normalized spacial score (nSPS) is 21.4. The van der Waals surface area contributed by atoms with Gasteiger partial charge in [-0.3, -0.25) is 19.3 Å². The van der Waals surface area contributed by atoms with Crippen LogP contribution >= 0.6 is 0 Å². The Bertz CT molecular complexity index is 677. The lowest BCUT2D eigenvalue weighted by Gasteiger charge is -2.24. The molecule has 1 aliphatic carbocycles. The molecule has 0 aromatic carbocycles. The van der Waals surface area contributed by atoms with Gasteiger partial charge >= 0.3 is 5.69 Å². The summed E-state index contributed by atoms with van der Waals surface area (Å²) < 4.78 is 1.21. The summed E-state index contributed by atoms with van der Waals surface area (Å²) in [5.74, 6) is -0.312. The van der Waals surface area contributed by atoms with Gasteiger partial charge in [-0.15, -0.1) is 0 Å². The Kier molecular flexibility index (Phi) is 6.78. The summed E-state index contributed by atoms with van der Waals surface area (Å²) in [7, 11) is 0. The molecule has 4 N–H and O–H groups in total. The van der Waals surface area contributed by atoms with Gasteiger partial charge in [0.1, 0.15) is 5.56 Å². The number of aliphatic imine (C=N–C) groups is 1. The molecule has 1 saturated carbocycles. The smallest absolute Gasteiger partial charge is 0.331 e. The fourth-order valence-corrected chi connectivity index (χ4v) is 3.09. The zero-order valence-corrected chi connectivity index (χ0v) is 14.3. The first-order valence-electron chi connectivity index (χ1n) is 8.89. The molecule has 0 radical (unpaired) electrons. The minimum atomic E-state index is -0.615. The molecule has 2 atom stereocenters. The molecule has 24 heavy (non-hydrogen) atoms. The van der Waals surface area contributed by atoms with Gasteiger partial charge in [-0.1, -0.05) is 39.0 Å². The van der Waals surface area contributed by atoms with Crippen molar-refractivity contribution in [1.29, 1.82) is 0 Å². The van der Waals surface area contributed by atoms with E-state index in [0.29, 0.717) is 6.54 Å². The number of nitrogens with one attached hydrogen (secondary N) is 1. The van der Waals surface area contributed by atoms with Gasteiger partial charge in [-0.2, -0.15) is 0 Å². The van der Waals surface area contributed by atoms with Gasteiger partial charge in [-0.05, 0) is 19.3 Å². The molecule has 0 saturated heterocycles. The van der Waals surface area contributed by atoms with Crippen molar-refractivity contribution in [1.82, 2.24) is 9.55 Å². The van der Waals surface area contributed by atoms with Crippen molar-refractivity contribution in [3.8, 4) is 5.88 Å². The van der Waals surface area contributed by atoms with Crippen LogP contribution in [0.3, 0.4) is 0 Å². The minimum absolute atomic E-state index is 0.0174. The van der Waals surface area contributed by atoms with Crippen molar-refractivity contribution in [2.45, 2.75) is 76.9 Å². The zero-order chi connectivity index (χ0) is 17.5. The third-order valence-electron chi connectivity index (χ3n) is 4.62. The molecule has 1 aromatic rings. The molecule has 2 rings (SSSR count). The second-order valence-electron chi connectivity index (χ2n) is 6.50. The van der Waals surface area contributed by atoms with Crippen LogP contribution in [0.15, 0.2) is 14.6 Å². The van der Waals surface area contributed by atoms with Gasteiger partial charge in [0.05, 0.1) is 6.04 Å². The molecule has 1 heterocycles. The quantitative estimate of drug-likeness (QED) is 0.517. The minimum Gasteiger partial charge on any atom is -0.494 e. The van der Waals surface area contributed by atoms with Gasteiger partial charge in [0.25, 0.3) is 5.56 Å². The van der Waals surface area contributed by atoms with Crippen molar-refractivity contribution in [2.24, 2.45) is 10.7 Å². The van der Waals surface area contributed by atoms with Crippen molar-refractivity contribution in [3.63, 3.8) is 0 Å². The molecule has 134 valence electrons. The number of unbranched alkanes of at least 4 members (excludes halogenated alkanes) is 3. The summed E-state index contributed by atoms with van der Waals surface area (Å²) in [6, 6.07) is -0.0568. The topological polar surface area (TPSA) is 113 Å². The fourth-order valence-electron chi connectivity index (χ4n) is 3.09. The van der Waals surface area contributed by atoms with Gasteiger partial charge in [0.2, 0.25) is 5.88 Å². The summed E-state index contributed by atoms with van der Waals surface area (Å²) in [6.45, 7) is 2.49. The highest BCUT2D eigenvalue weighted by Gasteiger charge is 2.21. The average Bonchev–Trinajstić information content (AvgIpc) is 2.55. The molecular formula is C17H28N4O3. The number of aromatic hydroxyl groups is 1. The SMILES string of the molecule is CCCCCCn1c(O)c(C=N[C@@H]2CCCC[C@@H]2N)c(=O)[nH]c1=O. The van der Waals surface area contributed by atoms with Crippen molar-refractivity contribution in [3.05, 3.63) is 26.4 Å². The number of hydrogen-bond donors (Lipinski definition) is 3. The summed E-state index contributed by atoms with van der Waals surface area (Å²) in [6.07, 6.45) is 9.25. The second-order valence-corrected chi connectivity index (χ2v) is 6.50. The molecule has 0 bridgehead atoms. The number of hydrogen-bond acceptors (Lipinski definition) is 5. The maximum absolute atomic E-state index is 12.0. The van der Waals surface area contributed by atoms with Crippen molar-refractivity contribution < 1.29 is 5.11 Å². The van der Waals surface area contributed by atoms with E-state index in [4.69, 9.17) is 5.73 Å². The van der Waals surface area contributed by atoms with E-state index in [9.17, 15) is 14.7 Å². The van der Waals surface area contributed by atoms with Crippen molar-refractivity contribution >= 4 is 6.21 Å². The standard InChI is InChI=1S/C17H28N4O3/c1-2-3-4-7-10-21-16(23)12(15(22)20-17(21)24)11-19-14-9-6-5-8-13(14)18/h11,13-14,23H,2-10,18H2,1H3,(H,20,22,24)/t13-,14+/m0/s1. The molecule has 7 heteroatoms. The number of aromatic nitrogens is 2. The summed E-state index contributed by atoms with van der Waals surface area (Å²) >= 11 is 0. The average molecular weight is 336 g/mol. The Morgan fingerprint density at radius 3 is 2.75 bits per heavy atom. The van der Waals surface area contributed by atoms with Gasteiger partial charge in [-0.25, -0.2) is 4.79 Å². The highest BCUT2D eigenvalue weighted by atomic mass is 16.3. The predicted octanol–water partition coefficient (Wildman–Crippen LogP) is 1.51. The number of nitrogens with two attached hydrogens (primary N) is 1. The number of H-pyrrole nitrogens is 1. The molecular weight excluding hydrogens is 308 g/mol. The third-order valence-corrected chi connectivity index (χ3v) is 4.62. The van der Waals surface area contributed by atoms with E-state index in [-0.39, 0.29) is 23.5 Å². The summed E-state index contributed by atoms with van der Waals surface area (Å²) in [5.41, 5.74) is 4.88. The third kappa shape index (κ3) is 4.56. The van der Waals surface area contributed by atoms with E-state index >= 15 is 0 Å². The maximum atomic E-state index is 12.0. The van der Waals surface area contributed by atoms with E-state index < -0.39 is 11.2 Å². The second kappa shape index (κ2) is 8.82. The van der Waals surface area contributed by atoms with Crippen LogP contribution in [0.2, 0.25) is 0 Å². The molecule has 1 aromatic heterocycles. The highest BCUT2D eigenvalue weighted by Crippen LogP contribution is 2.20. The molecule has 1 fully saturated rings. The summed E-state index contributed by atoms with van der Waals surface area (Å²) in [4.78, 5) is 30.6. The fraction of sp³-hybridized carbons (Fsp3) is 0.706. The Morgan fingerprint density at radius 1 is 1.29 bits per heavy atom. The van der Waals surface area contributed by atoms with E-state index in [0.717, 1.165) is 51.4 Å². The lowest BCUT2D eigenvalue weighted by atomic mass is 9.91. The first-order valence-corrected chi connectivity index (χ1v) is 8.89. The lowest BCUT2D eigenvalue weighted by Crippen LogP contribution is -2.36. The first-order chi connectivity index (χ1) is 11.5. The molecule has 0 aliphatic heterocycles. The monoisotopic (exact) mass is 336 g/mol.